The summed E-state index contributed by atoms with van der Waals surface area (Å²) < 4.78 is 0. The zero-order valence-corrected chi connectivity index (χ0v) is 13.6. The molecule has 1 aliphatic heterocycles. The highest BCUT2D eigenvalue weighted by molar-refractivity contribution is 6.11. The maximum atomic E-state index is 12.7. The van der Waals surface area contributed by atoms with Crippen LogP contribution >= 0.6 is 0 Å². The molecule has 0 aromatic heterocycles. The fourth-order valence-corrected chi connectivity index (χ4v) is 3.02. The molecule has 0 saturated carbocycles. The summed E-state index contributed by atoms with van der Waals surface area (Å²) in [7, 11) is 0. The van der Waals surface area contributed by atoms with Crippen LogP contribution in [-0.4, -0.2) is 18.4 Å². The molecule has 1 heterocycles. The second-order valence-electron chi connectivity index (χ2n) is 6.45. The molecule has 2 aromatic rings. The standard InChI is InChI=1S/C19H20N2O2/c1-13-7-6-8-14(11-13)20-17(22)12-21-16-10-5-4-9-15(16)19(2,3)18(21)23/h4-11H,12H2,1-3H3,(H,20,22). The van der Waals surface area contributed by atoms with Crippen LogP contribution in [0.25, 0.3) is 0 Å². The third kappa shape index (κ3) is 2.72. The second kappa shape index (κ2) is 5.54. The van der Waals surface area contributed by atoms with Crippen LogP contribution in [-0.2, 0) is 15.0 Å². The van der Waals surface area contributed by atoms with Crippen molar-refractivity contribution in [3.63, 3.8) is 0 Å². The van der Waals surface area contributed by atoms with Crippen LogP contribution in [0.4, 0.5) is 11.4 Å². The lowest BCUT2D eigenvalue weighted by molar-refractivity contribution is -0.124. The number of fused-ring (bicyclic) bond motifs is 1. The first-order valence-corrected chi connectivity index (χ1v) is 7.67. The predicted molar refractivity (Wildman–Crippen MR) is 91.6 cm³/mol. The number of aryl methyl sites for hydroxylation is 1. The van der Waals surface area contributed by atoms with Gasteiger partial charge in [-0.2, -0.15) is 0 Å². The highest BCUT2D eigenvalue weighted by atomic mass is 16.2. The number of amides is 2. The zero-order valence-electron chi connectivity index (χ0n) is 13.6. The molecular formula is C19H20N2O2. The minimum atomic E-state index is -0.597. The Morgan fingerprint density at radius 3 is 2.61 bits per heavy atom. The lowest BCUT2D eigenvalue weighted by atomic mass is 9.86. The third-order valence-electron chi connectivity index (χ3n) is 4.25. The summed E-state index contributed by atoms with van der Waals surface area (Å²) >= 11 is 0. The molecule has 3 rings (SSSR count). The summed E-state index contributed by atoms with van der Waals surface area (Å²) in [6, 6.07) is 15.3. The van der Waals surface area contributed by atoms with Gasteiger partial charge in [0.2, 0.25) is 11.8 Å². The summed E-state index contributed by atoms with van der Waals surface area (Å²) in [5.74, 6) is -0.241. The van der Waals surface area contributed by atoms with Gasteiger partial charge < -0.3 is 10.2 Å². The Hall–Kier alpha value is -2.62. The molecule has 0 unspecified atom stereocenters. The molecule has 0 radical (unpaired) electrons. The third-order valence-corrected chi connectivity index (χ3v) is 4.25. The van der Waals surface area contributed by atoms with E-state index in [0.29, 0.717) is 0 Å². The smallest absolute Gasteiger partial charge is 0.244 e. The van der Waals surface area contributed by atoms with Crippen molar-refractivity contribution in [2.24, 2.45) is 0 Å². The number of anilines is 2. The van der Waals surface area contributed by atoms with Gasteiger partial charge in [0.05, 0.1) is 5.41 Å². The molecule has 0 saturated heterocycles. The van der Waals surface area contributed by atoms with Crippen molar-refractivity contribution >= 4 is 23.2 Å². The minimum absolute atomic E-state index is 0.0211. The average molecular weight is 308 g/mol. The van der Waals surface area contributed by atoms with Crippen molar-refractivity contribution in [1.29, 1.82) is 0 Å². The molecule has 0 atom stereocenters. The van der Waals surface area contributed by atoms with Crippen LogP contribution in [0.2, 0.25) is 0 Å². The highest BCUT2D eigenvalue weighted by Gasteiger charge is 2.44. The van der Waals surface area contributed by atoms with Crippen LogP contribution < -0.4 is 10.2 Å². The van der Waals surface area contributed by atoms with Gasteiger partial charge in [-0.15, -0.1) is 0 Å². The number of rotatable bonds is 3. The van der Waals surface area contributed by atoms with Crippen molar-refractivity contribution < 1.29 is 9.59 Å². The number of carbonyl (C=O) groups is 2. The van der Waals surface area contributed by atoms with Crippen molar-refractivity contribution in [3.8, 4) is 0 Å². The molecule has 0 aliphatic carbocycles. The summed E-state index contributed by atoms with van der Waals surface area (Å²) in [4.78, 5) is 26.6. The van der Waals surface area contributed by atoms with Crippen LogP contribution in [0.5, 0.6) is 0 Å². The van der Waals surface area contributed by atoms with E-state index < -0.39 is 5.41 Å². The average Bonchev–Trinajstić information content (AvgIpc) is 2.69. The Balaban J connectivity index is 1.80. The normalized spacial score (nSPS) is 15.4. The Kier molecular flexibility index (Phi) is 3.68. The largest absolute Gasteiger partial charge is 0.325 e. The first kappa shape index (κ1) is 15.3. The molecule has 1 N–H and O–H groups in total. The Bertz CT molecular complexity index is 780. The number of carbonyl (C=O) groups excluding carboxylic acids is 2. The SMILES string of the molecule is Cc1cccc(NC(=O)CN2C(=O)C(C)(C)c3ccccc32)c1. The van der Waals surface area contributed by atoms with E-state index in [9.17, 15) is 9.59 Å². The minimum Gasteiger partial charge on any atom is -0.325 e. The monoisotopic (exact) mass is 308 g/mol. The molecule has 118 valence electrons. The van der Waals surface area contributed by atoms with E-state index in [0.717, 1.165) is 22.5 Å². The van der Waals surface area contributed by atoms with Gasteiger partial charge >= 0.3 is 0 Å². The first-order valence-electron chi connectivity index (χ1n) is 7.67. The van der Waals surface area contributed by atoms with Gasteiger partial charge in [-0.05, 0) is 50.1 Å². The fourth-order valence-electron chi connectivity index (χ4n) is 3.02. The van der Waals surface area contributed by atoms with E-state index >= 15 is 0 Å². The predicted octanol–water partition coefficient (Wildman–Crippen LogP) is 3.26. The van der Waals surface area contributed by atoms with E-state index in [-0.39, 0.29) is 18.4 Å². The van der Waals surface area contributed by atoms with Gasteiger partial charge in [-0.1, -0.05) is 30.3 Å². The summed E-state index contributed by atoms with van der Waals surface area (Å²) in [6.45, 7) is 5.78. The van der Waals surface area contributed by atoms with Crippen LogP contribution in [0, 0.1) is 6.92 Å². The van der Waals surface area contributed by atoms with Gasteiger partial charge in [-0.3, -0.25) is 9.59 Å². The van der Waals surface area contributed by atoms with Crippen molar-refractivity contribution in [2.45, 2.75) is 26.2 Å². The number of nitrogens with zero attached hydrogens (tertiary/aromatic N) is 1. The molecule has 23 heavy (non-hydrogen) atoms. The van der Waals surface area contributed by atoms with Gasteiger partial charge in [0, 0.05) is 11.4 Å². The molecule has 2 amide bonds. The summed E-state index contributed by atoms with van der Waals surface area (Å²) in [5, 5.41) is 2.86. The molecule has 0 bridgehead atoms. The molecular weight excluding hydrogens is 288 g/mol. The molecule has 4 heteroatoms. The second-order valence-corrected chi connectivity index (χ2v) is 6.45. The van der Waals surface area contributed by atoms with Crippen molar-refractivity contribution in [1.82, 2.24) is 0 Å². The Labute approximate surface area is 136 Å². The van der Waals surface area contributed by atoms with Gasteiger partial charge in [0.25, 0.3) is 0 Å². The zero-order chi connectivity index (χ0) is 16.6. The maximum absolute atomic E-state index is 12.7. The van der Waals surface area contributed by atoms with Gasteiger partial charge in [0.1, 0.15) is 6.54 Å². The van der Waals surface area contributed by atoms with E-state index in [4.69, 9.17) is 0 Å². The van der Waals surface area contributed by atoms with Gasteiger partial charge in [0.15, 0.2) is 0 Å². The molecule has 4 nitrogen and oxygen atoms in total. The number of nitrogens with one attached hydrogen (secondary N) is 1. The number of para-hydroxylation sites is 1. The maximum Gasteiger partial charge on any atom is 0.244 e. The van der Waals surface area contributed by atoms with Crippen LogP contribution in [0.15, 0.2) is 48.5 Å². The lowest BCUT2D eigenvalue weighted by Gasteiger charge is -2.20. The number of hydrogen-bond acceptors (Lipinski definition) is 2. The van der Waals surface area contributed by atoms with Gasteiger partial charge in [-0.25, -0.2) is 0 Å². The Morgan fingerprint density at radius 1 is 1.13 bits per heavy atom. The quantitative estimate of drug-likeness (QED) is 0.946. The van der Waals surface area contributed by atoms with E-state index in [2.05, 4.69) is 5.32 Å². The van der Waals surface area contributed by atoms with Crippen molar-refractivity contribution in [2.75, 3.05) is 16.8 Å². The first-order chi connectivity index (χ1) is 10.9. The van der Waals surface area contributed by atoms with Crippen molar-refractivity contribution in [3.05, 3.63) is 59.7 Å². The Morgan fingerprint density at radius 2 is 1.87 bits per heavy atom. The number of benzene rings is 2. The topological polar surface area (TPSA) is 49.4 Å². The summed E-state index contributed by atoms with van der Waals surface area (Å²) in [6.07, 6.45) is 0. The highest BCUT2D eigenvalue weighted by Crippen LogP contribution is 2.41. The van der Waals surface area contributed by atoms with E-state index in [1.54, 1.807) is 4.90 Å². The van der Waals surface area contributed by atoms with Crippen LogP contribution in [0.1, 0.15) is 25.0 Å². The number of hydrogen-bond donors (Lipinski definition) is 1. The lowest BCUT2D eigenvalue weighted by Crippen LogP contribution is -2.40. The van der Waals surface area contributed by atoms with E-state index in [1.165, 1.54) is 0 Å². The molecule has 2 aromatic carbocycles. The van der Waals surface area contributed by atoms with E-state index in [1.807, 2.05) is 69.3 Å². The fraction of sp³-hybridized carbons (Fsp3) is 0.263. The molecule has 0 spiro atoms. The molecule has 0 fully saturated rings. The van der Waals surface area contributed by atoms with Crippen LogP contribution in [0.3, 0.4) is 0 Å². The molecule has 1 aliphatic rings. The summed E-state index contributed by atoms with van der Waals surface area (Å²) in [5.41, 5.74) is 3.01.